The Kier molecular flexibility index (Phi) is 3.77. The summed E-state index contributed by atoms with van der Waals surface area (Å²) >= 11 is 0. The molecule has 18 heavy (non-hydrogen) atoms. The maximum Gasteiger partial charge on any atom is 0.155 e. The minimum Gasteiger partial charge on any atom is -0.330 e. The second kappa shape index (κ2) is 5.31. The van der Waals surface area contributed by atoms with Crippen molar-refractivity contribution in [3.05, 3.63) is 46.5 Å². The average molecular weight is 244 g/mol. The van der Waals surface area contributed by atoms with Crippen molar-refractivity contribution >= 4 is 0 Å². The Morgan fingerprint density at radius 2 is 2.06 bits per heavy atom. The third-order valence-corrected chi connectivity index (χ3v) is 3.11. The number of rotatable bonds is 4. The van der Waals surface area contributed by atoms with Crippen molar-refractivity contribution in [1.82, 2.24) is 14.8 Å². The molecule has 0 aliphatic carbocycles. The zero-order chi connectivity index (χ0) is 13.1. The summed E-state index contributed by atoms with van der Waals surface area (Å²) in [5, 5.41) is 4.44. The highest BCUT2D eigenvalue weighted by atomic mass is 15.3. The lowest BCUT2D eigenvalue weighted by atomic mass is 10.0. The Hall–Kier alpha value is -1.68. The molecule has 1 aromatic carbocycles. The number of nitrogens with two attached hydrogens (primary N) is 1. The molecular formula is C14H20N4. The van der Waals surface area contributed by atoms with Gasteiger partial charge >= 0.3 is 0 Å². The Morgan fingerprint density at radius 3 is 2.72 bits per heavy atom. The first-order valence-electron chi connectivity index (χ1n) is 6.25. The quantitative estimate of drug-likeness (QED) is 0.887. The normalized spacial score (nSPS) is 10.9. The number of hydrogen-bond donors (Lipinski definition) is 1. The van der Waals surface area contributed by atoms with Crippen molar-refractivity contribution < 1.29 is 0 Å². The number of aryl methyl sites for hydroxylation is 3. The molecular weight excluding hydrogens is 224 g/mol. The summed E-state index contributed by atoms with van der Waals surface area (Å²) in [6, 6.07) is 6.48. The highest BCUT2D eigenvalue weighted by molar-refractivity contribution is 5.32. The van der Waals surface area contributed by atoms with Gasteiger partial charge in [0.25, 0.3) is 0 Å². The molecule has 1 heterocycles. The molecule has 0 radical (unpaired) electrons. The fraction of sp³-hybridized carbons (Fsp3) is 0.429. The van der Waals surface area contributed by atoms with Crippen LogP contribution >= 0.6 is 0 Å². The van der Waals surface area contributed by atoms with Crippen LogP contribution in [0.3, 0.4) is 0 Å². The summed E-state index contributed by atoms with van der Waals surface area (Å²) in [7, 11) is 1.92. The van der Waals surface area contributed by atoms with E-state index in [1.807, 2.05) is 11.7 Å². The maximum absolute atomic E-state index is 5.55. The van der Waals surface area contributed by atoms with Crippen LogP contribution in [0.25, 0.3) is 0 Å². The molecule has 96 valence electrons. The van der Waals surface area contributed by atoms with Gasteiger partial charge in [0.2, 0.25) is 0 Å². The van der Waals surface area contributed by atoms with E-state index in [1.54, 1.807) is 0 Å². The summed E-state index contributed by atoms with van der Waals surface area (Å²) in [5.41, 5.74) is 9.41. The fourth-order valence-corrected chi connectivity index (χ4v) is 2.11. The van der Waals surface area contributed by atoms with Gasteiger partial charge in [0.15, 0.2) is 5.82 Å². The Bertz CT molecular complexity index is 543. The summed E-state index contributed by atoms with van der Waals surface area (Å²) in [6.45, 7) is 4.84. The van der Waals surface area contributed by atoms with Crippen LogP contribution < -0.4 is 5.73 Å². The van der Waals surface area contributed by atoms with E-state index < -0.39 is 0 Å². The molecule has 2 rings (SSSR count). The van der Waals surface area contributed by atoms with Gasteiger partial charge in [0.05, 0.1) is 0 Å². The molecule has 0 bridgehead atoms. The fourth-order valence-electron chi connectivity index (χ4n) is 2.11. The van der Waals surface area contributed by atoms with E-state index >= 15 is 0 Å². The van der Waals surface area contributed by atoms with E-state index in [0.29, 0.717) is 6.54 Å². The highest BCUT2D eigenvalue weighted by Gasteiger charge is 2.08. The number of nitrogens with zero attached hydrogens (tertiary/aromatic N) is 3. The SMILES string of the molecule is Cc1ccc(Cc2nc(CCN)n(C)n2)c(C)c1. The lowest BCUT2D eigenvalue weighted by Gasteiger charge is -2.04. The zero-order valence-electron chi connectivity index (χ0n) is 11.3. The molecule has 0 unspecified atom stereocenters. The van der Waals surface area contributed by atoms with Gasteiger partial charge in [-0.3, -0.25) is 4.68 Å². The average Bonchev–Trinajstić information content (AvgIpc) is 2.64. The van der Waals surface area contributed by atoms with Crippen LogP contribution in [-0.4, -0.2) is 21.3 Å². The lowest BCUT2D eigenvalue weighted by Crippen LogP contribution is -2.08. The van der Waals surface area contributed by atoms with Gasteiger partial charge in [-0.15, -0.1) is 0 Å². The summed E-state index contributed by atoms with van der Waals surface area (Å²) in [5.74, 6) is 1.82. The van der Waals surface area contributed by atoms with Crippen LogP contribution in [0.4, 0.5) is 0 Å². The van der Waals surface area contributed by atoms with E-state index in [2.05, 4.69) is 42.1 Å². The zero-order valence-corrected chi connectivity index (χ0v) is 11.3. The summed E-state index contributed by atoms with van der Waals surface area (Å²) in [4.78, 5) is 4.53. The van der Waals surface area contributed by atoms with Crippen LogP contribution in [0.2, 0.25) is 0 Å². The molecule has 0 saturated carbocycles. The van der Waals surface area contributed by atoms with Gasteiger partial charge in [-0.05, 0) is 31.5 Å². The number of benzene rings is 1. The molecule has 0 amide bonds. The van der Waals surface area contributed by atoms with E-state index in [9.17, 15) is 0 Å². The molecule has 2 N–H and O–H groups in total. The van der Waals surface area contributed by atoms with Crippen LogP contribution in [0.15, 0.2) is 18.2 Å². The minimum absolute atomic E-state index is 0.607. The Balaban J connectivity index is 2.20. The second-order valence-corrected chi connectivity index (χ2v) is 4.71. The largest absolute Gasteiger partial charge is 0.330 e. The van der Waals surface area contributed by atoms with Crippen LogP contribution in [-0.2, 0) is 19.9 Å². The predicted molar refractivity (Wildman–Crippen MR) is 72.5 cm³/mol. The van der Waals surface area contributed by atoms with E-state index in [-0.39, 0.29) is 0 Å². The smallest absolute Gasteiger partial charge is 0.155 e. The molecule has 2 aromatic rings. The maximum atomic E-state index is 5.55. The molecule has 4 heteroatoms. The molecule has 0 aliphatic heterocycles. The van der Waals surface area contributed by atoms with Gasteiger partial charge in [-0.25, -0.2) is 4.98 Å². The van der Waals surface area contributed by atoms with E-state index in [4.69, 9.17) is 5.73 Å². The van der Waals surface area contributed by atoms with Crippen molar-refractivity contribution in [2.24, 2.45) is 12.8 Å². The van der Waals surface area contributed by atoms with Gasteiger partial charge in [-0.2, -0.15) is 5.10 Å². The van der Waals surface area contributed by atoms with E-state index in [1.165, 1.54) is 16.7 Å². The topological polar surface area (TPSA) is 56.7 Å². The van der Waals surface area contributed by atoms with Crippen molar-refractivity contribution in [3.8, 4) is 0 Å². The molecule has 1 aromatic heterocycles. The lowest BCUT2D eigenvalue weighted by molar-refractivity contribution is 0.691. The first-order chi connectivity index (χ1) is 8.60. The van der Waals surface area contributed by atoms with Gasteiger partial charge in [0, 0.05) is 19.9 Å². The number of aromatic nitrogens is 3. The van der Waals surface area contributed by atoms with Crippen molar-refractivity contribution in [3.63, 3.8) is 0 Å². The van der Waals surface area contributed by atoms with Gasteiger partial charge in [-0.1, -0.05) is 23.8 Å². The Morgan fingerprint density at radius 1 is 1.28 bits per heavy atom. The number of hydrogen-bond acceptors (Lipinski definition) is 3. The molecule has 0 aliphatic rings. The van der Waals surface area contributed by atoms with Crippen molar-refractivity contribution in [2.45, 2.75) is 26.7 Å². The molecule has 0 saturated heterocycles. The molecule has 0 spiro atoms. The molecule has 0 atom stereocenters. The summed E-state index contributed by atoms with van der Waals surface area (Å²) < 4.78 is 1.83. The van der Waals surface area contributed by atoms with Crippen molar-refractivity contribution in [1.29, 1.82) is 0 Å². The van der Waals surface area contributed by atoms with Gasteiger partial charge in [0.1, 0.15) is 5.82 Å². The highest BCUT2D eigenvalue weighted by Crippen LogP contribution is 2.14. The predicted octanol–water partition coefficient (Wildman–Crippen LogP) is 1.52. The van der Waals surface area contributed by atoms with Crippen LogP contribution in [0.5, 0.6) is 0 Å². The third-order valence-electron chi connectivity index (χ3n) is 3.11. The monoisotopic (exact) mass is 244 g/mol. The summed E-state index contributed by atoms with van der Waals surface area (Å²) in [6.07, 6.45) is 1.56. The molecule has 0 fully saturated rings. The second-order valence-electron chi connectivity index (χ2n) is 4.71. The van der Waals surface area contributed by atoms with Crippen molar-refractivity contribution in [2.75, 3.05) is 6.54 Å². The van der Waals surface area contributed by atoms with Crippen LogP contribution in [0.1, 0.15) is 28.3 Å². The minimum atomic E-state index is 0.607. The first kappa shape index (κ1) is 12.8. The van der Waals surface area contributed by atoms with E-state index in [0.717, 1.165) is 24.5 Å². The van der Waals surface area contributed by atoms with Crippen LogP contribution in [0, 0.1) is 13.8 Å². The standard InChI is InChI=1S/C14H20N4/c1-10-4-5-12(11(2)8-10)9-13-16-14(6-7-15)18(3)17-13/h4-5,8H,6-7,9,15H2,1-3H3. The first-order valence-corrected chi connectivity index (χ1v) is 6.25. The van der Waals surface area contributed by atoms with Gasteiger partial charge < -0.3 is 5.73 Å². The molecule has 4 nitrogen and oxygen atoms in total. The Labute approximate surface area is 108 Å². The third kappa shape index (κ3) is 2.76.